The summed E-state index contributed by atoms with van der Waals surface area (Å²) in [5, 5.41) is 7.86. The molecule has 0 bridgehead atoms. The van der Waals surface area contributed by atoms with Crippen molar-refractivity contribution in [2.24, 2.45) is 0 Å². The first kappa shape index (κ1) is 14.4. The molecule has 3 nitrogen and oxygen atoms in total. The molecule has 0 saturated carbocycles. The van der Waals surface area contributed by atoms with E-state index in [9.17, 15) is 8.78 Å². The van der Waals surface area contributed by atoms with Crippen molar-refractivity contribution in [2.45, 2.75) is 6.42 Å². The van der Waals surface area contributed by atoms with Gasteiger partial charge in [0.15, 0.2) is 0 Å². The average Bonchev–Trinajstić information content (AvgIpc) is 3.11. The van der Waals surface area contributed by atoms with Crippen molar-refractivity contribution in [2.75, 3.05) is 11.9 Å². The lowest BCUT2D eigenvalue weighted by Crippen LogP contribution is -2.04. The molecule has 0 amide bonds. The van der Waals surface area contributed by atoms with Crippen LogP contribution in [0.1, 0.15) is 5.56 Å². The van der Waals surface area contributed by atoms with E-state index in [1.807, 2.05) is 24.3 Å². The zero-order chi connectivity index (χ0) is 16.0. The molecule has 0 atom stereocenters. The van der Waals surface area contributed by atoms with Crippen LogP contribution in [-0.2, 0) is 6.42 Å². The van der Waals surface area contributed by atoms with Gasteiger partial charge in [0.25, 0.3) is 0 Å². The highest BCUT2D eigenvalue weighted by atomic mass is 79.9. The van der Waals surface area contributed by atoms with Crippen LogP contribution < -0.4 is 5.32 Å². The Morgan fingerprint density at radius 3 is 2.61 bits per heavy atom. The molecule has 3 aromatic rings. The van der Waals surface area contributed by atoms with Crippen molar-refractivity contribution in [1.82, 2.24) is 9.78 Å². The summed E-state index contributed by atoms with van der Waals surface area (Å²) in [6.45, 7) is 0.777. The third-order valence-electron chi connectivity index (χ3n) is 3.91. The number of anilines is 1. The highest BCUT2D eigenvalue weighted by molar-refractivity contribution is 9.10. The molecule has 0 saturated heterocycles. The summed E-state index contributed by atoms with van der Waals surface area (Å²) in [5.41, 5.74) is 2.72. The van der Waals surface area contributed by atoms with Crippen LogP contribution in [0.25, 0.3) is 16.9 Å². The van der Waals surface area contributed by atoms with E-state index in [0.29, 0.717) is 11.3 Å². The molecule has 6 heteroatoms. The summed E-state index contributed by atoms with van der Waals surface area (Å²) in [6.07, 6.45) is 0.762. The number of hydrogen-bond donors (Lipinski definition) is 1. The summed E-state index contributed by atoms with van der Waals surface area (Å²) < 4.78 is 30.1. The van der Waals surface area contributed by atoms with Gasteiger partial charge in [-0.1, -0.05) is 15.9 Å². The maximum Gasteiger partial charge on any atom is 0.135 e. The average molecular weight is 376 g/mol. The van der Waals surface area contributed by atoms with E-state index < -0.39 is 11.6 Å². The predicted molar refractivity (Wildman–Crippen MR) is 88.8 cm³/mol. The largest absolute Gasteiger partial charge is 0.369 e. The van der Waals surface area contributed by atoms with Gasteiger partial charge in [0.1, 0.15) is 23.1 Å². The van der Waals surface area contributed by atoms with Crippen LogP contribution in [0.5, 0.6) is 0 Å². The lowest BCUT2D eigenvalue weighted by Gasteiger charge is -2.06. The van der Waals surface area contributed by atoms with Crippen LogP contribution >= 0.6 is 15.9 Å². The molecule has 1 N–H and O–H groups in total. The minimum absolute atomic E-state index is 0.321. The minimum Gasteiger partial charge on any atom is -0.369 e. The SMILES string of the molecule is Fc1ccc(-c2nn(-c3ccc(Br)cc3)c3c2CCN3)c(F)c1. The van der Waals surface area contributed by atoms with Crippen molar-refractivity contribution >= 4 is 21.7 Å². The molecule has 0 unspecified atom stereocenters. The van der Waals surface area contributed by atoms with Gasteiger partial charge < -0.3 is 5.32 Å². The van der Waals surface area contributed by atoms with Gasteiger partial charge in [-0.2, -0.15) is 5.10 Å². The van der Waals surface area contributed by atoms with E-state index >= 15 is 0 Å². The number of nitrogens with one attached hydrogen (secondary N) is 1. The normalized spacial score (nSPS) is 13.0. The van der Waals surface area contributed by atoms with Gasteiger partial charge in [-0.05, 0) is 42.8 Å². The van der Waals surface area contributed by atoms with Gasteiger partial charge in [-0.15, -0.1) is 0 Å². The Hall–Kier alpha value is -2.21. The van der Waals surface area contributed by atoms with Gasteiger partial charge in [-0.3, -0.25) is 0 Å². The fourth-order valence-corrected chi connectivity index (χ4v) is 3.11. The van der Waals surface area contributed by atoms with Crippen molar-refractivity contribution < 1.29 is 8.78 Å². The molecule has 23 heavy (non-hydrogen) atoms. The lowest BCUT2D eigenvalue weighted by molar-refractivity contribution is 0.585. The number of halogens is 3. The maximum absolute atomic E-state index is 14.2. The third-order valence-corrected chi connectivity index (χ3v) is 4.44. The highest BCUT2D eigenvalue weighted by Gasteiger charge is 2.25. The first-order valence-corrected chi connectivity index (χ1v) is 8.00. The summed E-state index contributed by atoms with van der Waals surface area (Å²) in [7, 11) is 0. The topological polar surface area (TPSA) is 29.9 Å². The van der Waals surface area contributed by atoms with Crippen LogP contribution in [0.3, 0.4) is 0 Å². The zero-order valence-corrected chi connectivity index (χ0v) is 13.6. The maximum atomic E-state index is 14.2. The molecule has 1 aliphatic rings. The van der Waals surface area contributed by atoms with E-state index in [0.717, 1.165) is 40.6 Å². The molecule has 0 spiro atoms. The second-order valence-electron chi connectivity index (χ2n) is 5.36. The van der Waals surface area contributed by atoms with Crippen LogP contribution in [-0.4, -0.2) is 16.3 Å². The van der Waals surface area contributed by atoms with E-state index in [1.54, 1.807) is 4.68 Å². The fourth-order valence-electron chi connectivity index (χ4n) is 2.84. The lowest BCUT2D eigenvalue weighted by atomic mass is 10.1. The van der Waals surface area contributed by atoms with Crippen molar-refractivity contribution in [1.29, 1.82) is 0 Å². The standard InChI is InChI=1S/C17H12BrF2N3/c18-10-1-4-12(5-2-10)23-17-14(7-8-21-17)16(22-23)13-6-3-11(19)9-15(13)20/h1-6,9,21H,7-8H2. The Labute approximate surface area is 140 Å². The summed E-state index contributed by atoms with van der Waals surface area (Å²) in [4.78, 5) is 0. The van der Waals surface area contributed by atoms with Gasteiger partial charge in [-0.25, -0.2) is 13.5 Å². The van der Waals surface area contributed by atoms with Crippen LogP contribution in [0.4, 0.5) is 14.6 Å². The first-order valence-electron chi connectivity index (χ1n) is 7.20. The number of fused-ring (bicyclic) bond motifs is 1. The van der Waals surface area contributed by atoms with Gasteiger partial charge in [0.05, 0.1) is 5.69 Å². The Balaban J connectivity index is 1.89. The summed E-state index contributed by atoms with van der Waals surface area (Å²) in [6, 6.07) is 11.3. The Morgan fingerprint density at radius 2 is 1.87 bits per heavy atom. The molecule has 1 aliphatic heterocycles. The molecule has 1 aromatic heterocycles. The number of rotatable bonds is 2. The number of benzene rings is 2. The number of hydrogen-bond acceptors (Lipinski definition) is 2. The van der Waals surface area contributed by atoms with Crippen molar-refractivity contribution in [3.63, 3.8) is 0 Å². The minimum atomic E-state index is -0.597. The Bertz CT molecular complexity index is 888. The number of nitrogens with zero attached hydrogens (tertiary/aromatic N) is 2. The van der Waals surface area contributed by atoms with Crippen LogP contribution in [0, 0.1) is 11.6 Å². The van der Waals surface area contributed by atoms with Crippen LogP contribution in [0.2, 0.25) is 0 Å². The van der Waals surface area contributed by atoms with Gasteiger partial charge in [0, 0.05) is 28.2 Å². The second kappa shape index (κ2) is 5.45. The van der Waals surface area contributed by atoms with E-state index in [2.05, 4.69) is 26.3 Å². The van der Waals surface area contributed by atoms with E-state index in [1.165, 1.54) is 12.1 Å². The molecular formula is C17H12BrF2N3. The monoisotopic (exact) mass is 375 g/mol. The Morgan fingerprint density at radius 1 is 1.09 bits per heavy atom. The predicted octanol–water partition coefficient (Wildman–Crippen LogP) is 4.55. The summed E-state index contributed by atoms with van der Waals surface area (Å²) in [5.74, 6) is -0.320. The van der Waals surface area contributed by atoms with E-state index in [4.69, 9.17) is 0 Å². The molecule has 0 radical (unpaired) electrons. The number of aromatic nitrogens is 2. The Kier molecular flexibility index (Phi) is 3.41. The molecular weight excluding hydrogens is 364 g/mol. The molecule has 4 rings (SSSR count). The van der Waals surface area contributed by atoms with Gasteiger partial charge in [0.2, 0.25) is 0 Å². The molecule has 0 fully saturated rings. The first-order chi connectivity index (χ1) is 11.1. The van der Waals surface area contributed by atoms with Crippen molar-refractivity contribution in [3.8, 4) is 16.9 Å². The van der Waals surface area contributed by atoms with E-state index in [-0.39, 0.29) is 0 Å². The van der Waals surface area contributed by atoms with Gasteiger partial charge >= 0.3 is 0 Å². The molecule has 116 valence electrons. The highest BCUT2D eigenvalue weighted by Crippen LogP contribution is 2.35. The van der Waals surface area contributed by atoms with Crippen molar-refractivity contribution in [3.05, 3.63) is 64.1 Å². The molecule has 2 heterocycles. The quantitative estimate of drug-likeness (QED) is 0.711. The second-order valence-corrected chi connectivity index (χ2v) is 6.28. The molecule has 0 aliphatic carbocycles. The fraction of sp³-hybridized carbons (Fsp3) is 0.118. The third kappa shape index (κ3) is 2.43. The molecule has 2 aromatic carbocycles. The zero-order valence-electron chi connectivity index (χ0n) is 12.0. The smallest absolute Gasteiger partial charge is 0.135 e. The summed E-state index contributed by atoms with van der Waals surface area (Å²) >= 11 is 3.41. The van der Waals surface area contributed by atoms with Crippen LogP contribution in [0.15, 0.2) is 46.9 Å².